The molecule has 3 N–H and O–H groups in total. The number of hydrogen-bond acceptors (Lipinski definition) is 4. The fraction of sp³-hybridized carbons (Fsp3) is 0.182. The third kappa shape index (κ3) is 2.24. The van der Waals surface area contributed by atoms with Crippen LogP contribution >= 0.6 is 0 Å². The highest BCUT2D eigenvalue weighted by Gasteiger charge is 2.24. The Morgan fingerprint density at radius 1 is 1.33 bits per heavy atom. The van der Waals surface area contributed by atoms with Crippen molar-refractivity contribution in [3.05, 3.63) is 23.8 Å². The van der Waals surface area contributed by atoms with Gasteiger partial charge in [-0.3, -0.25) is 9.59 Å². The van der Waals surface area contributed by atoms with Crippen LogP contribution in [0.1, 0.15) is 10.4 Å². The van der Waals surface area contributed by atoms with Gasteiger partial charge >= 0.3 is 11.9 Å². The third-order valence-electron chi connectivity index (χ3n) is 2.52. The second kappa shape index (κ2) is 4.36. The maximum absolute atomic E-state index is 11.4. The summed E-state index contributed by atoms with van der Waals surface area (Å²) in [5, 5.41) is 20.2. The molecule has 0 radical (unpaired) electrons. The standard InChI is InChI=1S/C11H10N2O5/c14-9-4-13(5-10(15)16)8-3-6(11(17)18)1-2-7(8)12-9/h1-3H,4-5H2,(H,12,14)(H,15,16)(H,17,18). The van der Waals surface area contributed by atoms with Crippen molar-refractivity contribution in [1.29, 1.82) is 0 Å². The second-order valence-electron chi connectivity index (χ2n) is 3.84. The van der Waals surface area contributed by atoms with Crippen LogP contribution in [0.5, 0.6) is 0 Å². The van der Waals surface area contributed by atoms with E-state index in [0.29, 0.717) is 11.4 Å². The molecule has 1 aliphatic rings. The van der Waals surface area contributed by atoms with E-state index in [-0.39, 0.29) is 24.6 Å². The van der Waals surface area contributed by atoms with E-state index >= 15 is 0 Å². The predicted octanol–water partition coefficient (Wildman–Crippen LogP) is 0.228. The van der Waals surface area contributed by atoms with Crippen molar-refractivity contribution < 1.29 is 24.6 Å². The van der Waals surface area contributed by atoms with E-state index in [1.54, 1.807) is 0 Å². The van der Waals surface area contributed by atoms with Gasteiger partial charge in [-0.05, 0) is 18.2 Å². The van der Waals surface area contributed by atoms with Gasteiger partial charge < -0.3 is 20.4 Å². The topological polar surface area (TPSA) is 107 Å². The SMILES string of the molecule is O=C(O)CN1CC(=O)Nc2ccc(C(=O)O)cc21. The van der Waals surface area contributed by atoms with Gasteiger partial charge in [0.05, 0.1) is 23.5 Å². The van der Waals surface area contributed by atoms with Crippen LogP contribution in [0.15, 0.2) is 18.2 Å². The summed E-state index contributed by atoms with van der Waals surface area (Å²) in [4.78, 5) is 34.3. The van der Waals surface area contributed by atoms with Crippen molar-refractivity contribution in [2.45, 2.75) is 0 Å². The first-order valence-corrected chi connectivity index (χ1v) is 5.11. The molecular formula is C11H10N2O5. The number of fused-ring (bicyclic) bond motifs is 1. The fourth-order valence-corrected chi connectivity index (χ4v) is 1.78. The molecule has 0 saturated carbocycles. The van der Waals surface area contributed by atoms with Gasteiger partial charge in [-0.25, -0.2) is 4.79 Å². The molecule has 7 heteroatoms. The van der Waals surface area contributed by atoms with Crippen molar-refractivity contribution in [2.75, 3.05) is 23.3 Å². The highest BCUT2D eigenvalue weighted by atomic mass is 16.4. The van der Waals surface area contributed by atoms with Crippen molar-refractivity contribution >= 4 is 29.2 Å². The van der Waals surface area contributed by atoms with E-state index in [1.807, 2.05) is 0 Å². The van der Waals surface area contributed by atoms with Gasteiger partial charge in [0.15, 0.2) is 0 Å². The molecule has 0 fully saturated rings. The van der Waals surface area contributed by atoms with Crippen LogP contribution in [-0.4, -0.2) is 41.1 Å². The van der Waals surface area contributed by atoms with E-state index in [0.717, 1.165) is 0 Å². The molecule has 1 aromatic carbocycles. The van der Waals surface area contributed by atoms with Crippen LogP contribution < -0.4 is 10.2 Å². The summed E-state index contributed by atoms with van der Waals surface area (Å²) in [6.07, 6.45) is 0. The molecule has 0 spiro atoms. The van der Waals surface area contributed by atoms with Crippen LogP contribution in [0.3, 0.4) is 0 Å². The Morgan fingerprint density at radius 3 is 2.67 bits per heavy atom. The quantitative estimate of drug-likeness (QED) is 0.708. The van der Waals surface area contributed by atoms with E-state index < -0.39 is 11.9 Å². The molecule has 7 nitrogen and oxygen atoms in total. The summed E-state index contributed by atoms with van der Waals surface area (Å²) in [5.74, 6) is -2.52. The number of aromatic carboxylic acids is 1. The third-order valence-corrected chi connectivity index (χ3v) is 2.52. The minimum absolute atomic E-state index is 0.0419. The first kappa shape index (κ1) is 11.9. The second-order valence-corrected chi connectivity index (χ2v) is 3.84. The molecule has 0 bridgehead atoms. The molecule has 0 saturated heterocycles. The lowest BCUT2D eigenvalue weighted by Gasteiger charge is -2.29. The zero-order chi connectivity index (χ0) is 13.3. The Hall–Kier alpha value is -2.57. The van der Waals surface area contributed by atoms with Gasteiger partial charge in [-0.1, -0.05) is 0 Å². The van der Waals surface area contributed by atoms with E-state index in [1.165, 1.54) is 23.1 Å². The Labute approximate surface area is 102 Å². The van der Waals surface area contributed by atoms with Gasteiger partial charge in [0, 0.05) is 0 Å². The number of carbonyl (C=O) groups excluding carboxylic acids is 1. The van der Waals surface area contributed by atoms with Crippen molar-refractivity contribution in [3.8, 4) is 0 Å². The zero-order valence-corrected chi connectivity index (χ0v) is 9.21. The molecule has 0 atom stereocenters. The number of aliphatic carboxylic acids is 1. The largest absolute Gasteiger partial charge is 0.480 e. The first-order chi connectivity index (χ1) is 8.47. The monoisotopic (exact) mass is 250 g/mol. The molecular weight excluding hydrogens is 240 g/mol. The molecule has 94 valence electrons. The number of nitrogens with one attached hydrogen (secondary N) is 1. The van der Waals surface area contributed by atoms with Gasteiger partial charge in [-0.2, -0.15) is 0 Å². The molecule has 1 aliphatic heterocycles. The van der Waals surface area contributed by atoms with Gasteiger partial charge in [0.25, 0.3) is 0 Å². The van der Waals surface area contributed by atoms with Gasteiger partial charge in [0.2, 0.25) is 5.91 Å². The van der Waals surface area contributed by atoms with Crippen molar-refractivity contribution in [2.24, 2.45) is 0 Å². The maximum atomic E-state index is 11.4. The number of carboxylic acid groups (broad SMARTS) is 2. The zero-order valence-electron chi connectivity index (χ0n) is 9.21. The number of benzene rings is 1. The fourth-order valence-electron chi connectivity index (χ4n) is 1.78. The van der Waals surface area contributed by atoms with Crippen LogP contribution in [0, 0.1) is 0 Å². The van der Waals surface area contributed by atoms with Gasteiger partial charge in [-0.15, -0.1) is 0 Å². The summed E-state index contributed by atoms with van der Waals surface area (Å²) in [6.45, 7) is -0.466. The highest BCUT2D eigenvalue weighted by Crippen LogP contribution is 2.30. The Bertz CT molecular complexity index is 540. The molecule has 1 amide bonds. The molecule has 2 rings (SSSR count). The molecule has 0 aliphatic carbocycles. The molecule has 1 heterocycles. The number of nitrogens with zero attached hydrogens (tertiary/aromatic N) is 1. The summed E-state index contributed by atoms with van der Waals surface area (Å²) >= 11 is 0. The predicted molar refractivity (Wildman–Crippen MR) is 61.9 cm³/mol. The van der Waals surface area contributed by atoms with Crippen LogP contribution in [0.25, 0.3) is 0 Å². The Kier molecular flexibility index (Phi) is 2.88. The van der Waals surface area contributed by atoms with Crippen LogP contribution in [0.4, 0.5) is 11.4 Å². The van der Waals surface area contributed by atoms with Crippen LogP contribution in [-0.2, 0) is 9.59 Å². The van der Waals surface area contributed by atoms with E-state index in [4.69, 9.17) is 10.2 Å². The van der Waals surface area contributed by atoms with E-state index in [9.17, 15) is 14.4 Å². The minimum Gasteiger partial charge on any atom is -0.480 e. The Morgan fingerprint density at radius 2 is 2.06 bits per heavy atom. The van der Waals surface area contributed by atoms with Gasteiger partial charge in [0.1, 0.15) is 6.54 Å². The van der Waals surface area contributed by atoms with E-state index in [2.05, 4.69) is 5.32 Å². The molecule has 0 aromatic heterocycles. The molecule has 1 aromatic rings. The average Bonchev–Trinajstić information content (AvgIpc) is 2.27. The lowest BCUT2D eigenvalue weighted by atomic mass is 10.1. The lowest BCUT2D eigenvalue weighted by Crippen LogP contribution is -2.41. The molecule has 18 heavy (non-hydrogen) atoms. The number of hydrogen-bond donors (Lipinski definition) is 3. The van der Waals surface area contributed by atoms with Crippen LogP contribution in [0.2, 0.25) is 0 Å². The average molecular weight is 250 g/mol. The summed E-state index contributed by atoms with van der Waals surface area (Å²) in [7, 11) is 0. The Balaban J connectivity index is 2.43. The number of amides is 1. The van der Waals surface area contributed by atoms with Crippen molar-refractivity contribution in [1.82, 2.24) is 0 Å². The van der Waals surface area contributed by atoms with Crippen molar-refractivity contribution in [3.63, 3.8) is 0 Å². The number of anilines is 2. The number of carbonyl (C=O) groups is 3. The maximum Gasteiger partial charge on any atom is 0.335 e. The minimum atomic E-state index is -1.11. The lowest BCUT2D eigenvalue weighted by molar-refractivity contribution is -0.135. The smallest absolute Gasteiger partial charge is 0.335 e. The summed E-state index contributed by atoms with van der Waals surface area (Å²) in [5.41, 5.74) is 0.856. The highest BCUT2D eigenvalue weighted by molar-refractivity contribution is 6.03. The summed E-state index contributed by atoms with van der Waals surface area (Å²) in [6, 6.07) is 4.15. The number of carboxylic acids is 2. The first-order valence-electron chi connectivity index (χ1n) is 5.11. The number of rotatable bonds is 3. The summed E-state index contributed by atoms with van der Waals surface area (Å²) < 4.78 is 0. The normalized spacial score (nSPS) is 13.8. The molecule has 0 unspecified atom stereocenters.